The number of aromatic nitrogens is 4. The predicted molar refractivity (Wildman–Crippen MR) is 76.6 cm³/mol. The summed E-state index contributed by atoms with van der Waals surface area (Å²) in [6.07, 6.45) is 3.08. The summed E-state index contributed by atoms with van der Waals surface area (Å²) in [5, 5.41) is 19.8. The average molecular weight is 324 g/mol. The number of amides is 1. The maximum Gasteiger partial charge on any atom is 0.303 e. The smallest absolute Gasteiger partial charge is 0.303 e. The van der Waals surface area contributed by atoms with Crippen molar-refractivity contribution >= 4 is 23.5 Å². The molecule has 1 saturated heterocycles. The molecule has 0 aliphatic carbocycles. The van der Waals surface area contributed by atoms with Crippen LogP contribution in [0.1, 0.15) is 28.5 Å². The van der Waals surface area contributed by atoms with Crippen LogP contribution in [0.5, 0.6) is 0 Å². The van der Waals surface area contributed by atoms with E-state index in [4.69, 9.17) is 16.7 Å². The Morgan fingerprint density at radius 3 is 2.86 bits per heavy atom. The van der Waals surface area contributed by atoms with Crippen LogP contribution in [0.15, 0.2) is 18.5 Å². The van der Waals surface area contributed by atoms with Crippen LogP contribution >= 0.6 is 11.6 Å². The molecule has 0 spiro atoms. The highest BCUT2D eigenvalue weighted by Crippen LogP contribution is 2.34. The highest BCUT2D eigenvalue weighted by atomic mass is 35.5. The van der Waals surface area contributed by atoms with Gasteiger partial charge in [-0.2, -0.15) is 15.4 Å². The lowest BCUT2D eigenvalue weighted by Crippen LogP contribution is -2.29. The topological polar surface area (TPSA) is 115 Å². The van der Waals surface area contributed by atoms with E-state index in [1.54, 1.807) is 17.2 Å². The zero-order valence-electron chi connectivity index (χ0n) is 11.5. The van der Waals surface area contributed by atoms with Crippen molar-refractivity contribution in [3.63, 3.8) is 0 Å². The van der Waals surface area contributed by atoms with Crippen molar-refractivity contribution < 1.29 is 14.7 Å². The summed E-state index contributed by atoms with van der Waals surface area (Å²) in [4.78, 5) is 27.9. The van der Waals surface area contributed by atoms with Gasteiger partial charge < -0.3 is 15.0 Å². The van der Waals surface area contributed by atoms with Gasteiger partial charge in [-0.05, 0) is 12.0 Å². The molecule has 0 radical (unpaired) electrons. The average Bonchev–Trinajstić information content (AvgIpc) is 3.16. The number of H-pyrrole nitrogens is 2. The largest absolute Gasteiger partial charge is 0.481 e. The number of nitrogens with zero attached hydrogens (tertiary/aromatic N) is 3. The number of carbonyl (C=O) groups is 2. The molecule has 3 rings (SSSR count). The van der Waals surface area contributed by atoms with E-state index >= 15 is 0 Å². The minimum atomic E-state index is -0.893. The summed E-state index contributed by atoms with van der Waals surface area (Å²) in [6.45, 7) is 0.763. The molecule has 0 unspecified atom stereocenters. The molecule has 22 heavy (non-hydrogen) atoms. The molecule has 3 N–H and O–H groups in total. The SMILES string of the molecule is O=C(O)C[C@H]1CN(C(=O)c2cc(Cl)c[nH]2)C[C@H]1c1cn[nH]n1. The van der Waals surface area contributed by atoms with Crippen molar-refractivity contribution in [3.8, 4) is 0 Å². The van der Waals surface area contributed by atoms with Crippen molar-refractivity contribution in [3.05, 3.63) is 34.9 Å². The molecule has 116 valence electrons. The number of likely N-dealkylation sites (tertiary alicyclic amines) is 1. The van der Waals surface area contributed by atoms with E-state index < -0.39 is 5.97 Å². The van der Waals surface area contributed by atoms with E-state index in [-0.39, 0.29) is 24.2 Å². The molecule has 2 atom stereocenters. The van der Waals surface area contributed by atoms with Crippen LogP contribution in [0.4, 0.5) is 0 Å². The first-order valence-electron chi connectivity index (χ1n) is 6.75. The summed E-state index contributed by atoms with van der Waals surface area (Å²) in [5.74, 6) is -1.44. The van der Waals surface area contributed by atoms with Gasteiger partial charge >= 0.3 is 5.97 Å². The number of carbonyl (C=O) groups excluding carboxylic acids is 1. The first-order valence-corrected chi connectivity index (χ1v) is 7.13. The minimum absolute atomic E-state index is 0.0210. The molecular weight excluding hydrogens is 310 g/mol. The Balaban J connectivity index is 1.80. The van der Waals surface area contributed by atoms with Crippen LogP contribution in [-0.2, 0) is 4.79 Å². The van der Waals surface area contributed by atoms with Gasteiger partial charge in [0.05, 0.1) is 23.3 Å². The summed E-state index contributed by atoms with van der Waals surface area (Å²) < 4.78 is 0. The van der Waals surface area contributed by atoms with Crippen molar-refractivity contribution in [2.24, 2.45) is 5.92 Å². The second-order valence-electron chi connectivity index (χ2n) is 5.30. The molecular formula is C13H14ClN5O3. The maximum absolute atomic E-state index is 12.5. The Kier molecular flexibility index (Phi) is 3.84. The lowest BCUT2D eigenvalue weighted by molar-refractivity contribution is -0.138. The zero-order chi connectivity index (χ0) is 15.7. The lowest BCUT2D eigenvalue weighted by Gasteiger charge is -2.14. The first kappa shape index (κ1) is 14.6. The Bertz CT molecular complexity index is 684. The van der Waals surface area contributed by atoms with E-state index in [1.165, 1.54) is 6.20 Å². The molecule has 8 nitrogen and oxygen atoms in total. The predicted octanol–water partition coefficient (Wildman–Crippen LogP) is 1.12. The number of hydrogen-bond donors (Lipinski definition) is 3. The van der Waals surface area contributed by atoms with Gasteiger partial charge in [0.2, 0.25) is 0 Å². The van der Waals surface area contributed by atoms with Crippen molar-refractivity contribution in [1.29, 1.82) is 0 Å². The van der Waals surface area contributed by atoms with Crippen LogP contribution in [0, 0.1) is 5.92 Å². The highest BCUT2D eigenvalue weighted by molar-refractivity contribution is 6.30. The summed E-state index contributed by atoms with van der Waals surface area (Å²) in [5.41, 5.74) is 1.06. The highest BCUT2D eigenvalue weighted by Gasteiger charge is 2.39. The summed E-state index contributed by atoms with van der Waals surface area (Å²) >= 11 is 5.82. The molecule has 9 heteroatoms. The third-order valence-electron chi connectivity index (χ3n) is 3.86. The Hall–Kier alpha value is -2.35. The fourth-order valence-corrected chi connectivity index (χ4v) is 3.02. The Morgan fingerprint density at radius 2 is 2.27 bits per heavy atom. The molecule has 0 saturated carbocycles. The Labute approximate surface area is 130 Å². The molecule has 2 aromatic heterocycles. The number of hydrogen-bond acceptors (Lipinski definition) is 4. The third kappa shape index (κ3) is 2.82. The Morgan fingerprint density at radius 1 is 1.45 bits per heavy atom. The van der Waals surface area contributed by atoms with Crippen molar-refractivity contribution in [2.75, 3.05) is 13.1 Å². The number of aliphatic carboxylic acids is 1. The third-order valence-corrected chi connectivity index (χ3v) is 4.07. The lowest BCUT2D eigenvalue weighted by atomic mass is 9.91. The number of carboxylic acids is 1. The monoisotopic (exact) mass is 323 g/mol. The second-order valence-corrected chi connectivity index (χ2v) is 5.74. The van der Waals surface area contributed by atoms with Gasteiger partial charge in [0.25, 0.3) is 5.91 Å². The fraction of sp³-hybridized carbons (Fsp3) is 0.385. The number of halogens is 1. The van der Waals surface area contributed by atoms with Crippen molar-refractivity contribution in [2.45, 2.75) is 12.3 Å². The minimum Gasteiger partial charge on any atom is -0.481 e. The van der Waals surface area contributed by atoms with E-state index in [0.717, 1.165) is 0 Å². The van der Waals surface area contributed by atoms with E-state index in [0.29, 0.717) is 29.5 Å². The molecule has 3 heterocycles. The van der Waals surface area contributed by atoms with Gasteiger partial charge in [0.15, 0.2) is 0 Å². The molecule has 0 bridgehead atoms. The van der Waals surface area contributed by atoms with Gasteiger partial charge in [0, 0.05) is 25.2 Å². The van der Waals surface area contributed by atoms with Crippen molar-refractivity contribution in [1.82, 2.24) is 25.3 Å². The van der Waals surface area contributed by atoms with Gasteiger partial charge in [-0.25, -0.2) is 0 Å². The van der Waals surface area contributed by atoms with Crippen LogP contribution < -0.4 is 0 Å². The van der Waals surface area contributed by atoms with Crippen LogP contribution in [-0.4, -0.2) is 55.4 Å². The van der Waals surface area contributed by atoms with E-state index in [1.807, 2.05) is 0 Å². The van der Waals surface area contributed by atoms with Gasteiger partial charge in [0.1, 0.15) is 5.69 Å². The zero-order valence-corrected chi connectivity index (χ0v) is 12.2. The maximum atomic E-state index is 12.5. The first-order chi connectivity index (χ1) is 10.5. The van der Waals surface area contributed by atoms with E-state index in [9.17, 15) is 9.59 Å². The molecule has 0 aromatic carbocycles. The molecule has 1 fully saturated rings. The quantitative estimate of drug-likeness (QED) is 0.779. The number of nitrogens with one attached hydrogen (secondary N) is 2. The van der Waals surface area contributed by atoms with Gasteiger partial charge in [-0.1, -0.05) is 11.6 Å². The molecule has 1 amide bonds. The standard InChI is InChI=1S/C13H14ClN5O3/c14-8-2-10(15-3-8)13(22)19-5-7(1-12(20)21)9(6-19)11-4-16-18-17-11/h2-4,7,9,15H,1,5-6H2,(H,20,21)(H,16,17,18)/t7-,9+/m0/s1. The second kappa shape index (κ2) is 5.80. The van der Waals surface area contributed by atoms with Gasteiger partial charge in [-0.3, -0.25) is 9.59 Å². The summed E-state index contributed by atoms with van der Waals surface area (Å²) in [7, 11) is 0. The van der Waals surface area contributed by atoms with Crippen LogP contribution in [0.3, 0.4) is 0 Å². The number of rotatable bonds is 4. The summed E-state index contributed by atoms with van der Waals surface area (Å²) in [6, 6.07) is 1.56. The molecule has 2 aromatic rings. The number of carboxylic acid groups (broad SMARTS) is 1. The van der Waals surface area contributed by atoms with Crippen LogP contribution in [0.25, 0.3) is 0 Å². The normalized spacial score (nSPS) is 21.2. The van der Waals surface area contributed by atoms with E-state index in [2.05, 4.69) is 20.4 Å². The van der Waals surface area contributed by atoms with Gasteiger partial charge in [-0.15, -0.1) is 0 Å². The number of aromatic amines is 2. The molecule has 1 aliphatic rings. The fourth-order valence-electron chi connectivity index (χ4n) is 2.85. The van der Waals surface area contributed by atoms with Crippen LogP contribution in [0.2, 0.25) is 5.02 Å². The molecule has 1 aliphatic heterocycles.